The van der Waals surface area contributed by atoms with Gasteiger partial charge in [0.2, 0.25) is 0 Å². The molecule has 2 aromatic carbocycles. The molecule has 31 heavy (non-hydrogen) atoms. The van der Waals surface area contributed by atoms with Crippen LogP contribution in [0.15, 0.2) is 53.4 Å². The fourth-order valence-corrected chi connectivity index (χ4v) is 3.98. The number of ether oxygens (including phenoxy) is 3. The molecule has 1 amide bonds. The van der Waals surface area contributed by atoms with E-state index >= 15 is 0 Å². The van der Waals surface area contributed by atoms with Crippen LogP contribution >= 0.6 is 24.0 Å². The Morgan fingerprint density at radius 1 is 0.903 bits per heavy atom. The number of amides is 1. The van der Waals surface area contributed by atoms with Gasteiger partial charge in [0, 0.05) is 0 Å². The molecular weight excluding hydrogens is 430 g/mol. The van der Waals surface area contributed by atoms with Gasteiger partial charge in [0.25, 0.3) is 5.91 Å². The molecule has 1 fully saturated rings. The summed E-state index contributed by atoms with van der Waals surface area (Å²) in [6.45, 7) is 3.79. The van der Waals surface area contributed by atoms with Crippen LogP contribution in [-0.2, 0) is 4.79 Å². The van der Waals surface area contributed by atoms with E-state index in [1.807, 2.05) is 48.5 Å². The Bertz CT molecular complexity index is 912. The monoisotopic (exact) mass is 457 g/mol. The maximum absolute atomic E-state index is 11.8. The minimum atomic E-state index is -0.164. The molecule has 0 unspecified atom stereocenters. The Morgan fingerprint density at radius 2 is 1.58 bits per heavy atom. The van der Waals surface area contributed by atoms with Gasteiger partial charge in [0.1, 0.15) is 34.8 Å². The standard InChI is InChI=1S/C24H27NO4S2/c1-2-3-4-5-13-27-19-9-11-20(12-10-19)28-14-15-29-21-8-6-7-18(16-21)17-22-23(26)25-24(30)31-22/h6-12,16-17H,2-5,13-15H2,1H3,(H,25,26,30). The highest BCUT2D eigenvalue weighted by atomic mass is 32.2. The van der Waals surface area contributed by atoms with Crippen LogP contribution < -0.4 is 19.5 Å². The molecule has 2 aromatic rings. The zero-order valence-electron chi connectivity index (χ0n) is 17.6. The van der Waals surface area contributed by atoms with Crippen LogP contribution in [0.1, 0.15) is 38.2 Å². The number of benzene rings is 2. The van der Waals surface area contributed by atoms with E-state index in [0.717, 1.165) is 35.8 Å². The minimum Gasteiger partial charge on any atom is -0.494 e. The van der Waals surface area contributed by atoms with Gasteiger partial charge >= 0.3 is 0 Å². The van der Waals surface area contributed by atoms with Crippen LogP contribution in [0.25, 0.3) is 6.08 Å². The van der Waals surface area contributed by atoms with Gasteiger partial charge in [0.15, 0.2) is 0 Å². The van der Waals surface area contributed by atoms with Gasteiger partial charge in [-0.2, -0.15) is 0 Å². The third-order valence-corrected chi connectivity index (χ3v) is 5.67. The molecule has 0 saturated carbocycles. The van der Waals surface area contributed by atoms with E-state index in [1.54, 1.807) is 6.08 Å². The van der Waals surface area contributed by atoms with Crippen LogP contribution in [0.5, 0.6) is 17.2 Å². The maximum atomic E-state index is 11.8. The van der Waals surface area contributed by atoms with Gasteiger partial charge in [-0.25, -0.2) is 0 Å². The van der Waals surface area contributed by atoms with E-state index in [2.05, 4.69) is 12.2 Å². The molecule has 5 nitrogen and oxygen atoms in total. The summed E-state index contributed by atoms with van der Waals surface area (Å²) >= 11 is 6.27. The number of thiocarbonyl (C=S) groups is 1. The third kappa shape index (κ3) is 7.92. The van der Waals surface area contributed by atoms with Crippen LogP contribution in [0.3, 0.4) is 0 Å². The second kappa shape index (κ2) is 12.4. The predicted octanol–water partition coefficient (Wildman–Crippen LogP) is 5.59. The number of unbranched alkanes of at least 4 members (excludes halogenated alkanes) is 3. The van der Waals surface area contributed by atoms with Crippen LogP contribution in [0.2, 0.25) is 0 Å². The number of hydrogen-bond donors (Lipinski definition) is 1. The largest absolute Gasteiger partial charge is 0.494 e. The van der Waals surface area contributed by atoms with Gasteiger partial charge in [-0.1, -0.05) is 62.3 Å². The Morgan fingerprint density at radius 3 is 2.23 bits per heavy atom. The first kappa shape index (κ1) is 23.2. The van der Waals surface area contributed by atoms with Gasteiger partial charge in [0.05, 0.1) is 11.5 Å². The lowest BCUT2D eigenvalue weighted by atomic mass is 10.2. The topological polar surface area (TPSA) is 56.8 Å². The van der Waals surface area contributed by atoms with Crippen LogP contribution in [-0.4, -0.2) is 30.0 Å². The fraction of sp³-hybridized carbons (Fsp3) is 0.333. The first-order valence-corrected chi connectivity index (χ1v) is 11.7. The molecule has 0 radical (unpaired) electrons. The van der Waals surface area contributed by atoms with Gasteiger partial charge in [-0.15, -0.1) is 0 Å². The quantitative estimate of drug-likeness (QED) is 0.255. The van der Waals surface area contributed by atoms with Crippen molar-refractivity contribution >= 4 is 40.3 Å². The molecule has 0 aliphatic carbocycles. The van der Waals surface area contributed by atoms with E-state index in [-0.39, 0.29) is 5.91 Å². The Kier molecular flexibility index (Phi) is 9.24. The molecule has 1 N–H and O–H groups in total. The highest BCUT2D eigenvalue weighted by Crippen LogP contribution is 2.27. The van der Waals surface area contributed by atoms with Crippen LogP contribution in [0.4, 0.5) is 0 Å². The third-order valence-electron chi connectivity index (χ3n) is 4.51. The minimum absolute atomic E-state index is 0.164. The summed E-state index contributed by atoms with van der Waals surface area (Å²) < 4.78 is 17.7. The smallest absolute Gasteiger partial charge is 0.263 e. The van der Waals surface area contributed by atoms with Crippen molar-refractivity contribution in [3.05, 3.63) is 59.0 Å². The highest BCUT2D eigenvalue weighted by molar-refractivity contribution is 8.26. The summed E-state index contributed by atoms with van der Waals surface area (Å²) in [5, 5.41) is 2.61. The number of nitrogens with one attached hydrogen (secondary N) is 1. The van der Waals surface area contributed by atoms with E-state index in [0.29, 0.717) is 22.4 Å². The summed E-state index contributed by atoms with van der Waals surface area (Å²) in [7, 11) is 0. The van der Waals surface area contributed by atoms with Crippen molar-refractivity contribution < 1.29 is 19.0 Å². The Balaban J connectivity index is 1.39. The van der Waals surface area contributed by atoms with Crippen molar-refractivity contribution in [2.75, 3.05) is 19.8 Å². The predicted molar refractivity (Wildman–Crippen MR) is 130 cm³/mol. The van der Waals surface area contributed by atoms with Crippen molar-refractivity contribution in [3.8, 4) is 17.2 Å². The molecular formula is C24H27NO4S2. The average molecular weight is 458 g/mol. The molecule has 1 aliphatic rings. The summed E-state index contributed by atoms with van der Waals surface area (Å²) in [6.07, 6.45) is 6.58. The molecule has 3 rings (SSSR count). The fourth-order valence-electron chi connectivity index (χ4n) is 2.94. The zero-order valence-corrected chi connectivity index (χ0v) is 19.2. The summed E-state index contributed by atoms with van der Waals surface area (Å²) in [4.78, 5) is 12.4. The molecule has 1 aliphatic heterocycles. The zero-order chi connectivity index (χ0) is 21.9. The molecule has 0 aromatic heterocycles. The lowest BCUT2D eigenvalue weighted by Gasteiger charge is -2.10. The molecule has 1 heterocycles. The van der Waals surface area contributed by atoms with E-state index < -0.39 is 0 Å². The molecule has 7 heteroatoms. The van der Waals surface area contributed by atoms with Crippen molar-refractivity contribution in [1.82, 2.24) is 5.32 Å². The second-order valence-electron chi connectivity index (χ2n) is 7.00. The highest BCUT2D eigenvalue weighted by Gasteiger charge is 2.21. The van der Waals surface area contributed by atoms with Gasteiger partial charge in [-0.3, -0.25) is 4.79 Å². The summed E-state index contributed by atoms with van der Waals surface area (Å²) in [6, 6.07) is 15.2. The van der Waals surface area contributed by atoms with Crippen molar-refractivity contribution in [2.45, 2.75) is 32.6 Å². The normalized spacial score (nSPS) is 14.5. The molecule has 0 atom stereocenters. The van der Waals surface area contributed by atoms with Crippen LogP contribution in [0, 0.1) is 0 Å². The summed E-state index contributed by atoms with van der Waals surface area (Å²) in [5.41, 5.74) is 0.881. The number of thioether (sulfide) groups is 1. The Labute approximate surface area is 193 Å². The number of hydrogen-bond acceptors (Lipinski definition) is 6. The second-order valence-corrected chi connectivity index (χ2v) is 8.72. The van der Waals surface area contributed by atoms with Crippen molar-refractivity contribution in [3.63, 3.8) is 0 Å². The van der Waals surface area contributed by atoms with Crippen molar-refractivity contribution in [1.29, 1.82) is 0 Å². The lowest BCUT2D eigenvalue weighted by molar-refractivity contribution is -0.115. The SMILES string of the molecule is CCCCCCOc1ccc(OCCOc2cccc(C=C3SC(=S)NC3=O)c2)cc1. The number of carbonyl (C=O) groups is 1. The van der Waals surface area contributed by atoms with E-state index in [1.165, 1.54) is 31.0 Å². The maximum Gasteiger partial charge on any atom is 0.263 e. The molecule has 1 saturated heterocycles. The summed E-state index contributed by atoms with van der Waals surface area (Å²) in [5.74, 6) is 2.19. The average Bonchev–Trinajstić information content (AvgIpc) is 3.09. The van der Waals surface area contributed by atoms with Gasteiger partial charge < -0.3 is 19.5 Å². The first-order valence-electron chi connectivity index (χ1n) is 10.5. The molecule has 0 bridgehead atoms. The Hall–Kier alpha value is -2.51. The van der Waals surface area contributed by atoms with Crippen molar-refractivity contribution in [2.24, 2.45) is 0 Å². The van der Waals surface area contributed by atoms with E-state index in [9.17, 15) is 4.79 Å². The lowest BCUT2D eigenvalue weighted by Crippen LogP contribution is -2.17. The molecule has 0 spiro atoms. The van der Waals surface area contributed by atoms with E-state index in [4.69, 9.17) is 26.4 Å². The number of rotatable bonds is 12. The van der Waals surface area contributed by atoms with Gasteiger partial charge in [-0.05, 0) is 54.5 Å². The number of carbonyl (C=O) groups excluding carboxylic acids is 1. The molecule has 164 valence electrons. The first-order chi connectivity index (χ1) is 15.1.